The molecule has 0 aliphatic rings. The SMILES string of the molecule is C/C=C/C(=O)c1ccc(C)c(Cl)c1. The summed E-state index contributed by atoms with van der Waals surface area (Å²) < 4.78 is 0. The van der Waals surface area contributed by atoms with Crippen molar-refractivity contribution < 1.29 is 4.79 Å². The lowest BCUT2D eigenvalue weighted by molar-refractivity contribution is 0.104. The molecular formula is C11H11ClO. The first kappa shape index (κ1) is 10.0. The van der Waals surface area contributed by atoms with E-state index < -0.39 is 0 Å². The lowest BCUT2D eigenvalue weighted by atomic mass is 10.1. The van der Waals surface area contributed by atoms with E-state index in [2.05, 4.69) is 0 Å². The molecule has 0 spiro atoms. The van der Waals surface area contributed by atoms with Gasteiger partial charge in [-0.25, -0.2) is 0 Å². The maximum atomic E-state index is 11.4. The Morgan fingerprint density at radius 2 is 2.15 bits per heavy atom. The minimum absolute atomic E-state index is 0.00981. The second kappa shape index (κ2) is 4.24. The molecule has 0 atom stereocenters. The Morgan fingerprint density at radius 3 is 2.69 bits per heavy atom. The average molecular weight is 195 g/mol. The summed E-state index contributed by atoms with van der Waals surface area (Å²) in [6.45, 7) is 3.72. The van der Waals surface area contributed by atoms with Crippen LogP contribution in [0, 0.1) is 6.92 Å². The zero-order chi connectivity index (χ0) is 9.84. The van der Waals surface area contributed by atoms with Gasteiger partial charge in [-0.2, -0.15) is 0 Å². The third-order valence-electron chi connectivity index (χ3n) is 1.77. The van der Waals surface area contributed by atoms with Gasteiger partial charge in [-0.15, -0.1) is 0 Å². The summed E-state index contributed by atoms with van der Waals surface area (Å²) in [6, 6.07) is 5.32. The van der Waals surface area contributed by atoms with E-state index in [1.807, 2.05) is 19.9 Å². The molecule has 0 saturated carbocycles. The van der Waals surface area contributed by atoms with Crippen molar-refractivity contribution in [3.05, 3.63) is 46.5 Å². The first-order valence-electron chi connectivity index (χ1n) is 4.08. The summed E-state index contributed by atoms with van der Waals surface area (Å²) in [5.74, 6) is -0.00981. The van der Waals surface area contributed by atoms with Crippen LogP contribution >= 0.6 is 11.6 Å². The molecule has 1 aromatic carbocycles. The molecule has 0 unspecified atom stereocenters. The minimum atomic E-state index is -0.00981. The topological polar surface area (TPSA) is 17.1 Å². The summed E-state index contributed by atoms with van der Waals surface area (Å²) in [4.78, 5) is 11.4. The Bertz CT molecular complexity index is 353. The lowest BCUT2D eigenvalue weighted by Gasteiger charge is -1.99. The van der Waals surface area contributed by atoms with Crippen molar-refractivity contribution in [2.24, 2.45) is 0 Å². The van der Waals surface area contributed by atoms with Crippen molar-refractivity contribution in [1.82, 2.24) is 0 Å². The average Bonchev–Trinajstić information content (AvgIpc) is 2.10. The highest BCUT2D eigenvalue weighted by Gasteiger charge is 2.02. The number of carbonyl (C=O) groups is 1. The molecule has 0 N–H and O–H groups in total. The van der Waals surface area contributed by atoms with Crippen molar-refractivity contribution >= 4 is 17.4 Å². The zero-order valence-corrected chi connectivity index (χ0v) is 8.43. The van der Waals surface area contributed by atoms with E-state index in [1.165, 1.54) is 6.08 Å². The van der Waals surface area contributed by atoms with E-state index >= 15 is 0 Å². The van der Waals surface area contributed by atoms with E-state index in [4.69, 9.17) is 11.6 Å². The monoisotopic (exact) mass is 194 g/mol. The lowest BCUT2D eigenvalue weighted by Crippen LogP contribution is -1.94. The van der Waals surface area contributed by atoms with Gasteiger partial charge >= 0.3 is 0 Å². The van der Waals surface area contributed by atoms with Gasteiger partial charge in [0.2, 0.25) is 0 Å². The zero-order valence-electron chi connectivity index (χ0n) is 7.67. The quantitative estimate of drug-likeness (QED) is 0.521. The van der Waals surface area contributed by atoms with Gasteiger partial charge in [0, 0.05) is 10.6 Å². The van der Waals surface area contributed by atoms with Gasteiger partial charge in [0.05, 0.1) is 0 Å². The fraction of sp³-hybridized carbons (Fsp3) is 0.182. The van der Waals surface area contributed by atoms with Crippen LogP contribution in [0.15, 0.2) is 30.4 Å². The fourth-order valence-corrected chi connectivity index (χ4v) is 1.17. The van der Waals surface area contributed by atoms with Crippen molar-refractivity contribution in [2.75, 3.05) is 0 Å². The molecule has 1 aromatic rings. The van der Waals surface area contributed by atoms with Crippen LogP contribution in [0.5, 0.6) is 0 Å². The van der Waals surface area contributed by atoms with E-state index in [0.29, 0.717) is 10.6 Å². The van der Waals surface area contributed by atoms with Crippen LogP contribution in [-0.2, 0) is 0 Å². The highest BCUT2D eigenvalue weighted by atomic mass is 35.5. The molecule has 68 valence electrons. The molecule has 0 aliphatic carbocycles. The maximum absolute atomic E-state index is 11.4. The van der Waals surface area contributed by atoms with Crippen molar-refractivity contribution in [3.63, 3.8) is 0 Å². The van der Waals surface area contributed by atoms with Gasteiger partial charge < -0.3 is 0 Å². The molecule has 0 heterocycles. The molecule has 0 saturated heterocycles. The number of allylic oxidation sites excluding steroid dienone is 2. The number of hydrogen-bond acceptors (Lipinski definition) is 1. The van der Waals surface area contributed by atoms with Gasteiger partial charge in [0.15, 0.2) is 5.78 Å². The standard InChI is InChI=1S/C11H11ClO/c1-3-4-11(13)9-6-5-8(2)10(12)7-9/h3-7H,1-2H3/b4-3+. The summed E-state index contributed by atoms with van der Waals surface area (Å²) in [6.07, 6.45) is 3.25. The summed E-state index contributed by atoms with van der Waals surface area (Å²) in [5, 5.41) is 0.635. The van der Waals surface area contributed by atoms with Crippen LogP contribution in [0.25, 0.3) is 0 Å². The van der Waals surface area contributed by atoms with Crippen LogP contribution in [0.3, 0.4) is 0 Å². The third kappa shape index (κ3) is 2.43. The Morgan fingerprint density at radius 1 is 1.46 bits per heavy atom. The molecular weight excluding hydrogens is 184 g/mol. The molecule has 0 aromatic heterocycles. The number of rotatable bonds is 2. The molecule has 0 amide bonds. The second-order valence-corrected chi connectivity index (χ2v) is 3.24. The maximum Gasteiger partial charge on any atom is 0.185 e. The highest BCUT2D eigenvalue weighted by Crippen LogP contribution is 2.17. The van der Waals surface area contributed by atoms with Gasteiger partial charge in [-0.3, -0.25) is 4.79 Å². The Labute approximate surface area is 83.0 Å². The first-order valence-corrected chi connectivity index (χ1v) is 4.46. The van der Waals surface area contributed by atoms with Crippen molar-refractivity contribution in [3.8, 4) is 0 Å². The smallest absolute Gasteiger partial charge is 0.185 e. The Hall–Kier alpha value is -1.08. The fourth-order valence-electron chi connectivity index (χ4n) is 0.994. The van der Waals surface area contributed by atoms with Crippen LogP contribution in [-0.4, -0.2) is 5.78 Å². The van der Waals surface area contributed by atoms with Gasteiger partial charge in [-0.1, -0.05) is 29.8 Å². The number of ketones is 1. The molecule has 0 radical (unpaired) electrons. The van der Waals surface area contributed by atoms with Gasteiger partial charge in [0.25, 0.3) is 0 Å². The number of aryl methyl sites for hydroxylation is 1. The highest BCUT2D eigenvalue weighted by molar-refractivity contribution is 6.31. The largest absolute Gasteiger partial charge is 0.289 e. The van der Waals surface area contributed by atoms with Crippen LogP contribution < -0.4 is 0 Å². The van der Waals surface area contributed by atoms with E-state index in [-0.39, 0.29) is 5.78 Å². The molecule has 1 rings (SSSR count). The number of carbonyl (C=O) groups excluding carboxylic acids is 1. The predicted molar refractivity (Wildman–Crippen MR) is 55.3 cm³/mol. The summed E-state index contributed by atoms with van der Waals surface area (Å²) in [7, 11) is 0. The van der Waals surface area contributed by atoms with Crippen LogP contribution in [0.1, 0.15) is 22.8 Å². The molecule has 0 aliphatic heterocycles. The number of halogens is 1. The second-order valence-electron chi connectivity index (χ2n) is 2.83. The van der Waals surface area contributed by atoms with Crippen LogP contribution in [0.4, 0.5) is 0 Å². The number of hydrogen-bond donors (Lipinski definition) is 0. The van der Waals surface area contributed by atoms with E-state index in [1.54, 1.807) is 18.2 Å². The third-order valence-corrected chi connectivity index (χ3v) is 2.18. The van der Waals surface area contributed by atoms with Gasteiger partial charge in [-0.05, 0) is 31.6 Å². The Balaban J connectivity index is 3.04. The van der Waals surface area contributed by atoms with Gasteiger partial charge in [0.1, 0.15) is 0 Å². The summed E-state index contributed by atoms with van der Waals surface area (Å²) >= 11 is 5.88. The van der Waals surface area contributed by atoms with Crippen LogP contribution in [0.2, 0.25) is 5.02 Å². The predicted octanol–water partition coefficient (Wildman–Crippen LogP) is 3.41. The summed E-state index contributed by atoms with van der Waals surface area (Å²) in [5.41, 5.74) is 1.62. The molecule has 13 heavy (non-hydrogen) atoms. The number of benzene rings is 1. The molecule has 0 fully saturated rings. The minimum Gasteiger partial charge on any atom is -0.289 e. The van der Waals surface area contributed by atoms with Crippen molar-refractivity contribution in [2.45, 2.75) is 13.8 Å². The first-order chi connectivity index (χ1) is 6.15. The van der Waals surface area contributed by atoms with E-state index in [9.17, 15) is 4.79 Å². The molecule has 1 nitrogen and oxygen atoms in total. The Kier molecular flexibility index (Phi) is 3.26. The van der Waals surface area contributed by atoms with E-state index in [0.717, 1.165) is 5.56 Å². The normalized spacial score (nSPS) is 10.7. The van der Waals surface area contributed by atoms with Crippen molar-refractivity contribution in [1.29, 1.82) is 0 Å². The molecule has 0 bridgehead atoms. The molecule has 2 heteroatoms.